The minimum Gasteiger partial charge on any atom is -0.414 e. The van der Waals surface area contributed by atoms with Crippen LogP contribution in [0.2, 0.25) is 90.1 Å². The molecule has 16 heterocycles. The molecule has 33 nitrogen and oxygen atoms in total. The van der Waals surface area contributed by atoms with Gasteiger partial charge in [-0.2, -0.15) is 0 Å². The maximum atomic E-state index is 15.8. The number of hydrogen-bond acceptors (Lipinski definition) is 28. The first kappa shape index (κ1) is 111. The molecule has 146 heavy (non-hydrogen) atoms. The van der Waals surface area contributed by atoms with Gasteiger partial charge >= 0.3 is 0 Å². The van der Waals surface area contributed by atoms with Crippen molar-refractivity contribution in [2.45, 2.75) is 312 Å². The van der Waals surface area contributed by atoms with Gasteiger partial charge in [0.15, 0.2) is 115 Å². The number of amides is 1. The third kappa shape index (κ3) is 22.4. The average Bonchev–Trinajstić information content (AvgIpc) is 1.59. The molecule has 0 bridgehead atoms. The van der Waals surface area contributed by atoms with Crippen LogP contribution in [0.3, 0.4) is 0 Å². The molecule has 8 saturated heterocycles. The molecule has 19 rings (SSSR count). The van der Waals surface area contributed by atoms with Crippen LogP contribution in [0.1, 0.15) is 209 Å². The largest absolute Gasteiger partial charge is 0.414 e. The molecule has 19 atom stereocenters. The standard InChI is InChI=1S/3C28H34Cl2FN3O5Si.C16H19ClN4O5/c3*1-27(2,3)40(6,7)36-13-19(31)18-12-15(29)8-9-16(18)20(35)21-22-23(39-28(4,5)38-22)26(37-21)34-11-10-17-24(30)32-14-33-25(17)34;1-16(2)25-9-10(14(22)20(3)23-4)24-15(11(9)26-16)21-6-5-8-12(17)18-7-19-13(8)21/h3*8-12,14,19,21-23,26H,13H2,1-7H3;5-7,9-11,15H,1-4H3/t19-,21+,22+,23+,26+;2*19-,21-,22-,23-,26-;9-,10+,11-,15-/m0111/s1. The number of ether oxygens (including phenoxy) is 12. The van der Waals surface area contributed by atoms with Crippen LogP contribution in [-0.2, 0) is 79.8 Å². The number of aromatic nitrogens is 12. The smallest absolute Gasteiger partial charge is 0.277 e. The maximum Gasteiger partial charge on any atom is 0.277 e. The third-order valence-corrected chi connectivity index (χ3v) is 44.1. The summed E-state index contributed by atoms with van der Waals surface area (Å²) in [4.78, 5) is 93.3. The molecule has 3 aromatic carbocycles. The highest BCUT2D eigenvalue weighted by Gasteiger charge is 2.64. The average molecular weight is 2210 g/mol. The number of nitrogens with zero attached hydrogens (tertiary/aromatic N) is 13. The number of carbonyl (C=O) groups is 4. The Morgan fingerprint density at radius 2 is 0.582 bits per heavy atom. The number of rotatable bonds is 24. The fourth-order valence-electron chi connectivity index (χ4n) is 18.2. The highest BCUT2D eigenvalue weighted by molar-refractivity contribution is 6.75. The van der Waals surface area contributed by atoms with Crippen molar-refractivity contribution in [1.29, 1.82) is 0 Å². The summed E-state index contributed by atoms with van der Waals surface area (Å²) in [6.07, 6.45) is -4.28. The van der Waals surface area contributed by atoms with Gasteiger partial charge < -0.3 is 88.4 Å². The van der Waals surface area contributed by atoms with Crippen molar-refractivity contribution in [1.82, 2.24) is 63.2 Å². The van der Waals surface area contributed by atoms with E-state index in [1.807, 2.05) is 0 Å². The Balaban J connectivity index is 0.000000141. The lowest BCUT2D eigenvalue weighted by Gasteiger charge is -2.36. The fraction of sp³-hybridized carbons (Fsp3) is 0.540. The summed E-state index contributed by atoms with van der Waals surface area (Å²) < 4.78 is 147. The van der Waals surface area contributed by atoms with Gasteiger partial charge in [-0.25, -0.2) is 58.1 Å². The van der Waals surface area contributed by atoms with E-state index in [0.717, 1.165) is 5.06 Å². The van der Waals surface area contributed by atoms with Crippen molar-refractivity contribution in [2.75, 3.05) is 34.0 Å². The Morgan fingerprint density at radius 1 is 0.363 bits per heavy atom. The lowest BCUT2D eigenvalue weighted by atomic mass is 9.94. The molecular weight excluding hydrogens is 2090 g/mol. The van der Waals surface area contributed by atoms with Gasteiger partial charge in [-0.1, -0.05) is 144 Å². The molecule has 11 aromatic rings. The first-order valence-corrected chi connectivity index (χ1v) is 59.1. The van der Waals surface area contributed by atoms with E-state index in [0.29, 0.717) is 79.8 Å². The first-order chi connectivity index (χ1) is 68.1. The summed E-state index contributed by atoms with van der Waals surface area (Å²) in [5.41, 5.74) is 3.15. The van der Waals surface area contributed by atoms with Crippen LogP contribution in [0.4, 0.5) is 13.2 Å². The number of hydroxylamine groups is 2. The zero-order chi connectivity index (χ0) is 106. The van der Waals surface area contributed by atoms with Crippen molar-refractivity contribution >= 4 is 174 Å². The molecule has 0 saturated carbocycles. The number of ketones is 3. The van der Waals surface area contributed by atoms with Crippen molar-refractivity contribution in [3.63, 3.8) is 0 Å². The SMILES string of the molecule is CC1(C)O[C@@H]2[C@H](O1)[C@@H](C(=O)c1ccc(Cl)cc1[C@@H](F)CO[Si](C)(C)C(C)(C)C)O[C@H]2n1ccc2c(Cl)ncnc21.CC1(C)O[C@@H]2[C@H](O1)[C@@H](C(=O)c1ccc(Cl)cc1[C@H](F)CO[Si](C)(C)C(C)(C)C)O[C@H]2n1ccc2c(Cl)ncnc21.CC1(C)O[C@@H]2[C@H](O1)[C@@H](C(=O)c1ccc(Cl)cc1[C@H](F)CO[Si](C)(C)C(C)(C)C)O[C@H]2n1ccc2c(Cl)ncnc21.CON(C)C(=O)[C@H]1O[C@@H](n2ccc3c(Cl)ncnc32)[C@@H]2OC(C)(C)O[C@@H]21. The molecule has 46 heteroatoms. The van der Waals surface area contributed by atoms with Gasteiger partial charge in [-0.05, 0) is 189 Å². The van der Waals surface area contributed by atoms with Crippen LogP contribution < -0.4 is 0 Å². The van der Waals surface area contributed by atoms with Gasteiger partial charge in [0, 0.05) is 80.3 Å². The van der Waals surface area contributed by atoms with Crippen LogP contribution in [0.5, 0.6) is 0 Å². The predicted octanol–water partition coefficient (Wildman–Crippen LogP) is 22.7. The van der Waals surface area contributed by atoms with Crippen LogP contribution in [0.25, 0.3) is 44.1 Å². The second-order valence-corrected chi connectivity index (χ2v) is 60.6. The number of likely N-dealkylation sites (N-methyl/N-ethyl adjacent to an activating group) is 1. The molecule has 0 radical (unpaired) electrons. The van der Waals surface area contributed by atoms with Gasteiger partial charge in [0.1, 0.15) is 136 Å². The van der Waals surface area contributed by atoms with Crippen molar-refractivity contribution < 1.29 is 107 Å². The number of carbonyl (C=O) groups excluding carboxylic acids is 4. The normalized spacial score (nSPS) is 26.2. The summed E-state index contributed by atoms with van der Waals surface area (Å²) >= 11 is 43.7. The van der Waals surface area contributed by atoms with Gasteiger partial charge in [-0.15, -0.1) is 0 Å². The van der Waals surface area contributed by atoms with E-state index in [4.69, 9.17) is 156 Å². The molecule has 8 aliphatic heterocycles. The van der Waals surface area contributed by atoms with Crippen LogP contribution in [0, 0.1) is 0 Å². The fourth-order valence-corrected chi connectivity index (χ4v) is 22.5. The third-order valence-electron chi connectivity index (χ3n) is 28.7. The minimum atomic E-state index is -2.23. The lowest BCUT2D eigenvalue weighted by Crippen LogP contribution is -2.43. The second kappa shape index (κ2) is 41.8. The topological polar surface area (TPSA) is 342 Å². The molecule has 1 amide bonds. The van der Waals surface area contributed by atoms with E-state index >= 15 is 13.2 Å². The van der Waals surface area contributed by atoms with Gasteiger partial charge in [0.05, 0.1) is 48.5 Å². The van der Waals surface area contributed by atoms with Crippen molar-refractivity contribution in [3.8, 4) is 0 Å². The van der Waals surface area contributed by atoms with E-state index in [1.54, 1.807) is 141 Å². The molecule has 0 unspecified atom stereocenters. The number of benzene rings is 3. The van der Waals surface area contributed by atoms with Gasteiger partial charge in [0.2, 0.25) is 0 Å². The second-order valence-electron chi connectivity index (χ2n) is 43.5. The van der Waals surface area contributed by atoms with E-state index < -0.39 is 182 Å². The van der Waals surface area contributed by atoms with Crippen LogP contribution >= 0.6 is 81.2 Å². The molecule has 8 fully saturated rings. The Bertz CT molecular complexity index is 6230. The Kier molecular flexibility index (Phi) is 31.8. The number of fused-ring (bicyclic) bond motifs is 8. The highest BCUT2D eigenvalue weighted by Crippen LogP contribution is 2.53. The number of halogens is 10. The van der Waals surface area contributed by atoms with E-state index in [1.165, 1.54) is 75.9 Å². The summed E-state index contributed by atoms with van der Waals surface area (Å²) in [6, 6.07) is 20.9. The molecule has 788 valence electrons. The summed E-state index contributed by atoms with van der Waals surface area (Å²) in [5.74, 6) is -5.36. The molecular formula is C100H121Cl7F3N13O20Si3. The zero-order valence-corrected chi connectivity index (χ0v) is 93.8. The lowest BCUT2D eigenvalue weighted by molar-refractivity contribution is -0.211. The number of Topliss-reactive ketones (excluding diaryl/α,β-unsaturated/α-hetero) is 3. The molecule has 8 aromatic heterocycles. The van der Waals surface area contributed by atoms with Crippen molar-refractivity contribution in [2.24, 2.45) is 0 Å². The number of hydrogen-bond donors (Lipinski definition) is 0. The molecule has 0 spiro atoms. The predicted molar refractivity (Wildman–Crippen MR) is 549 cm³/mol. The summed E-state index contributed by atoms with van der Waals surface area (Å²) in [6.45, 7) is 44.8. The summed E-state index contributed by atoms with van der Waals surface area (Å²) in [5, 5.41) is 5.66. The molecule has 8 aliphatic rings. The molecule has 0 N–H and O–H groups in total. The monoisotopic (exact) mass is 2210 g/mol. The van der Waals surface area contributed by atoms with Crippen molar-refractivity contribution in [3.05, 3.63) is 198 Å². The van der Waals surface area contributed by atoms with Gasteiger partial charge in [0.25, 0.3) is 5.91 Å². The minimum absolute atomic E-state index is 0.0915. The quantitative estimate of drug-likeness (QED) is 0.0235. The Labute approximate surface area is 881 Å². The zero-order valence-electron chi connectivity index (χ0n) is 85.5. The summed E-state index contributed by atoms with van der Waals surface area (Å²) in [7, 11) is -3.75. The Morgan fingerprint density at radius 3 is 0.808 bits per heavy atom. The van der Waals surface area contributed by atoms with Crippen LogP contribution in [-0.4, -0.2) is 242 Å². The van der Waals surface area contributed by atoms with Gasteiger partial charge in [-0.3, -0.25) is 24.0 Å². The molecule has 0 aliphatic carbocycles. The van der Waals surface area contributed by atoms with Crippen LogP contribution in [0.15, 0.2) is 129 Å². The Hall–Kier alpha value is -7.55. The maximum absolute atomic E-state index is 15.8. The highest BCUT2D eigenvalue weighted by atomic mass is 35.5. The van der Waals surface area contributed by atoms with E-state index in [2.05, 4.69) is 141 Å². The number of alkyl halides is 3. The first-order valence-electron chi connectivity index (χ1n) is 47.7. The van der Waals surface area contributed by atoms with E-state index in [-0.39, 0.29) is 74.2 Å². The van der Waals surface area contributed by atoms with E-state index in [9.17, 15) is 19.2 Å².